The summed E-state index contributed by atoms with van der Waals surface area (Å²) in [5.41, 5.74) is 0.784. The van der Waals surface area contributed by atoms with E-state index < -0.39 is 53.8 Å². The summed E-state index contributed by atoms with van der Waals surface area (Å²) >= 11 is 1.14. The van der Waals surface area contributed by atoms with Gasteiger partial charge in [0.05, 0.1) is 18.6 Å². The minimum atomic E-state index is -1.01. The number of ether oxygens (including phenoxy) is 2. The molecule has 13 nitrogen and oxygen atoms in total. The van der Waals surface area contributed by atoms with E-state index >= 15 is 0 Å². The van der Waals surface area contributed by atoms with Gasteiger partial charge in [-0.3, -0.25) is 28.9 Å². The van der Waals surface area contributed by atoms with Crippen molar-refractivity contribution in [3.63, 3.8) is 0 Å². The number of esters is 1. The summed E-state index contributed by atoms with van der Waals surface area (Å²) < 4.78 is 24.8. The number of carboxylic acids is 1. The van der Waals surface area contributed by atoms with E-state index in [9.17, 15) is 33.5 Å². The lowest BCUT2D eigenvalue weighted by molar-refractivity contribution is -0.150. The number of likely N-dealkylation sites (tertiary alicyclic amines) is 1. The molecule has 2 aromatic rings. The van der Waals surface area contributed by atoms with Crippen LogP contribution in [0.5, 0.6) is 0 Å². The van der Waals surface area contributed by atoms with Crippen molar-refractivity contribution in [2.24, 2.45) is 17.8 Å². The summed E-state index contributed by atoms with van der Waals surface area (Å²) in [7, 11) is 3.48. The summed E-state index contributed by atoms with van der Waals surface area (Å²) in [4.78, 5) is 74.3. The molecule has 0 bridgehead atoms. The Bertz CT molecular complexity index is 1570. The van der Waals surface area contributed by atoms with Gasteiger partial charge >= 0.3 is 11.9 Å². The quantitative estimate of drug-likeness (QED) is 0.142. The van der Waals surface area contributed by atoms with Gasteiger partial charge in [-0.1, -0.05) is 59.6 Å². The molecule has 306 valence electrons. The van der Waals surface area contributed by atoms with Crippen molar-refractivity contribution in [1.82, 2.24) is 25.4 Å². The summed E-state index contributed by atoms with van der Waals surface area (Å²) in [6.07, 6.45) is 2.99. The Morgan fingerprint density at radius 1 is 1.07 bits per heavy atom. The second-order valence-electron chi connectivity index (χ2n) is 15.1. The number of methoxy groups -OCH3 is 1. The number of amides is 3. The van der Waals surface area contributed by atoms with E-state index in [2.05, 4.69) is 15.6 Å². The van der Waals surface area contributed by atoms with Crippen LogP contribution in [0.4, 0.5) is 4.39 Å². The Kier molecular flexibility index (Phi) is 18.1. The molecule has 15 heteroatoms. The van der Waals surface area contributed by atoms with Crippen LogP contribution in [0.3, 0.4) is 0 Å². The summed E-state index contributed by atoms with van der Waals surface area (Å²) in [6, 6.07) is 3.61. The number of nitrogens with one attached hydrogen (secondary N) is 2. The first-order valence-corrected chi connectivity index (χ1v) is 20.1. The van der Waals surface area contributed by atoms with E-state index in [0.29, 0.717) is 11.4 Å². The smallest absolute Gasteiger partial charge is 0.306 e. The number of benzene rings is 1. The van der Waals surface area contributed by atoms with Gasteiger partial charge in [0.1, 0.15) is 22.6 Å². The van der Waals surface area contributed by atoms with Gasteiger partial charge in [0.2, 0.25) is 11.8 Å². The number of likely N-dealkylation sites (N-methyl/N-ethyl adjacent to an activating group) is 1. The number of carbonyl (C=O) groups excluding carboxylic acids is 4. The highest BCUT2D eigenvalue weighted by molar-refractivity contribution is 7.09. The second-order valence-corrected chi connectivity index (χ2v) is 16.0. The van der Waals surface area contributed by atoms with Crippen molar-refractivity contribution < 1.29 is 42.9 Å². The van der Waals surface area contributed by atoms with Crippen molar-refractivity contribution in [3.05, 3.63) is 51.7 Å². The molecule has 3 rings (SSSR count). The summed E-state index contributed by atoms with van der Waals surface area (Å²) in [5, 5.41) is 17.5. The lowest BCUT2D eigenvalue weighted by atomic mass is 9.92. The lowest BCUT2D eigenvalue weighted by Crippen LogP contribution is -2.59. The van der Waals surface area contributed by atoms with Gasteiger partial charge in [-0.15, -0.1) is 11.3 Å². The second kappa shape index (κ2) is 22.0. The van der Waals surface area contributed by atoms with Crippen molar-refractivity contribution in [2.75, 3.05) is 33.9 Å². The molecule has 1 aromatic heterocycles. The fourth-order valence-corrected chi connectivity index (χ4v) is 7.79. The van der Waals surface area contributed by atoms with Gasteiger partial charge in [0, 0.05) is 44.5 Å². The van der Waals surface area contributed by atoms with Crippen LogP contribution in [0.2, 0.25) is 0 Å². The van der Waals surface area contributed by atoms with Crippen LogP contribution in [0.25, 0.3) is 0 Å². The molecule has 3 N–H and O–H groups in total. The molecule has 7 atom stereocenters. The van der Waals surface area contributed by atoms with Crippen molar-refractivity contribution in [1.29, 1.82) is 0 Å². The number of hydrogen-bond donors (Lipinski definition) is 3. The molecule has 1 fully saturated rings. The Labute approximate surface area is 328 Å². The van der Waals surface area contributed by atoms with Gasteiger partial charge < -0.3 is 30.1 Å². The SMILES string of the molecule is CCC(C)C(NC(=O)C1CCCCN1C)C(=O)N(CCOC)[C@H](C[C@@H](OC(C)=O)c1nc(C(=O)N[C@@H](Cc2ccc(F)cc2)C[C@H](C)C(=O)O)cs1)C(C)C. The zero-order valence-corrected chi connectivity index (χ0v) is 34.3. The molecule has 3 amide bonds. The van der Waals surface area contributed by atoms with E-state index in [4.69, 9.17) is 9.47 Å². The minimum Gasteiger partial charge on any atom is -0.481 e. The molecular formula is C40H60FN5O8S. The third-order valence-corrected chi connectivity index (χ3v) is 11.4. The zero-order chi connectivity index (χ0) is 40.8. The fourth-order valence-electron chi connectivity index (χ4n) is 6.95. The average Bonchev–Trinajstić information content (AvgIpc) is 3.64. The number of aromatic nitrogens is 1. The van der Waals surface area contributed by atoms with Crippen molar-refractivity contribution >= 4 is 41.0 Å². The van der Waals surface area contributed by atoms with Crippen LogP contribution in [-0.4, -0.2) is 108 Å². The molecule has 1 aliphatic heterocycles. The molecule has 0 saturated carbocycles. The number of aliphatic carboxylic acids is 1. The first kappa shape index (κ1) is 45.4. The molecule has 1 aromatic carbocycles. The van der Waals surface area contributed by atoms with Crippen molar-refractivity contribution in [2.45, 2.75) is 117 Å². The zero-order valence-electron chi connectivity index (χ0n) is 33.5. The Balaban J connectivity index is 1.90. The molecule has 3 unspecified atom stereocenters. The van der Waals surface area contributed by atoms with Crippen LogP contribution >= 0.6 is 11.3 Å². The number of hydrogen-bond acceptors (Lipinski definition) is 10. The van der Waals surface area contributed by atoms with Gasteiger partial charge in [0.15, 0.2) is 6.10 Å². The Morgan fingerprint density at radius 3 is 2.35 bits per heavy atom. The number of thiazole rings is 1. The number of piperidine rings is 1. The third-order valence-electron chi connectivity index (χ3n) is 10.4. The molecule has 1 aliphatic rings. The molecule has 0 spiro atoms. The normalized spacial score (nSPS) is 18.0. The van der Waals surface area contributed by atoms with Gasteiger partial charge in [-0.05, 0) is 68.8 Å². The molecular weight excluding hydrogens is 730 g/mol. The highest BCUT2D eigenvalue weighted by Gasteiger charge is 2.39. The molecule has 0 radical (unpaired) electrons. The number of rotatable bonds is 21. The maximum atomic E-state index is 14.6. The fraction of sp³-hybridized carbons (Fsp3) is 0.650. The van der Waals surface area contributed by atoms with Crippen molar-refractivity contribution in [3.8, 4) is 0 Å². The summed E-state index contributed by atoms with van der Waals surface area (Å²) in [6.45, 7) is 12.0. The van der Waals surface area contributed by atoms with Gasteiger partial charge in [0.25, 0.3) is 5.91 Å². The van der Waals surface area contributed by atoms with E-state index in [1.807, 2.05) is 39.6 Å². The third kappa shape index (κ3) is 13.6. The predicted molar refractivity (Wildman–Crippen MR) is 208 cm³/mol. The van der Waals surface area contributed by atoms with E-state index in [0.717, 1.165) is 42.7 Å². The van der Waals surface area contributed by atoms with E-state index in [1.54, 1.807) is 36.4 Å². The summed E-state index contributed by atoms with van der Waals surface area (Å²) in [5.74, 6) is -3.99. The highest BCUT2D eigenvalue weighted by atomic mass is 32.1. The standard InChI is InChI=1S/C40H60FN5O8S/c1-9-25(4)35(44-37(49)32-12-10-11-17-45(32)7)39(50)46(18-19-53-8)33(24(2)3)22-34(54-27(6)47)38-43-31(23-55-38)36(48)42-30(20-26(5)40(51)52)21-28-13-15-29(41)16-14-28/h13-16,23-26,30,32-35H,9-12,17-22H2,1-8H3,(H,42,48)(H,44,49)(H,51,52)/t25?,26-,30+,32?,33+,34+,35?/m0/s1. The molecule has 2 heterocycles. The minimum absolute atomic E-state index is 0.0601. The maximum absolute atomic E-state index is 14.6. The number of carboxylic acid groups (broad SMARTS) is 1. The molecule has 1 saturated heterocycles. The van der Waals surface area contributed by atoms with E-state index in [1.165, 1.54) is 19.1 Å². The monoisotopic (exact) mass is 789 g/mol. The average molecular weight is 790 g/mol. The molecule has 55 heavy (non-hydrogen) atoms. The van der Waals surface area contributed by atoms with Crippen LogP contribution in [0, 0.1) is 23.6 Å². The number of halogens is 1. The van der Waals surface area contributed by atoms with Gasteiger partial charge in [-0.25, -0.2) is 9.37 Å². The topological polar surface area (TPSA) is 167 Å². The number of nitrogens with zero attached hydrogens (tertiary/aromatic N) is 3. The number of carbonyl (C=O) groups is 5. The maximum Gasteiger partial charge on any atom is 0.306 e. The largest absolute Gasteiger partial charge is 0.481 e. The lowest BCUT2D eigenvalue weighted by Gasteiger charge is -2.40. The first-order chi connectivity index (χ1) is 26.1. The Morgan fingerprint density at radius 2 is 1.76 bits per heavy atom. The Hall–Kier alpha value is -3.95. The van der Waals surface area contributed by atoms with Crippen LogP contribution in [0.1, 0.15) is 107 Å². The molecule has 0 aliphatic carbocycles. The predicted octanol–water partition coefficient (Wildman–Crippen LogP) is 5.24. The first-order valence-electron chi connectivity index (χ1n) is 19.3. The van der Waals surface area contributed by atoms with Crippen LogP contribution in [0.15, 0.2) is 29.6 Å². The van der Waals surface area contributed by atoms with Crippen LogP contribution in [-0.2, 0) is 35.1 Å². The highest BCUT2D eigenvalue weighted by Crippen LogP contribution is 2.32. The van der Waals surface area contributed by atoms with E-state index in [-0.39, 0.29) is 67.8 Å². The van der Waals surface area contributed by atoms with Crippen LogP contribution < -0.4 is 10.6 Å². The van der Waals surface area contributed by atoms with Gasteiger partial charge in [-0.2, -0.15) is 0 Å².